The third-order valence-corrected chi connectivity index (χ3v) is 2.90. The molecule has 2 aromatic rings. The first-order valence-corrected chi connectivity index (χ1v) is 6.63. The number of nitrogen functional groups attached to an aromatic ring is 1. The van der Waals surface area contributed by atoms with E-state index in [1.165, 1.54) is 0 Å². The minimum absolute atomic E-state index is 0.120. The maximum Gasteiger partial charge on any atom is 0.258 e. The van der Waals surface area contributed by atoms with Gasteiger partial charge in [0.15, 0.2) is 6.61 Å². The van der Waals surface area contributed by atoms with Crippen LogP contribution < -0.4 is 15.8 Å². The molecule has 5 nitrogen and oxygen atoms in total. The minimum atomic E-state index is -0.734. The Morgan fingerprint density at radius 3 is 2.67 bits per heavy atom. The zero-order valence-electron chi connectivity index (χ0n) is 11.5. The predicted octanol–water partition coefficient (Wildman–Crippen LogP) is 1.50. The molecule has 0 heterocycles. The van der Waals surface area contributed by atoms with E-state index in [1.807, 2.05) is 18.2 Å². The largest absolute Gasteiger partial charge is 0.484 e. The molecule has 21 heavy (non-hydrogen) atoms. The van der Waals surface area contributed by atoms with Crippen LogP contribution in [0.5, 0.6) is 5.75 Å². The fraction of sp³-hybridized carbons (Fsp3) is 0.188. The fourth-order valence-electron chi connectivity index (χ4n) is 1.81. The van der Waals surface area contributed by atoms with Crippen molar-refractivity contribution in [3.8, 4) is 5.75 Å². The van der Waals surface area contributed by atoms with Gasteiger partial charge in [-0.1, -0.05) is 36.4 Å². The van der Waals surface area contributed by atoms with Gasteiger partial charge in [0.25, 0.3) is 5.91 Å². The lowest BCUT2D eigenvalue weighted by Crippen LogP contribution is -2.32. The van der Waals surface area contributed by atoms with Crippen molar-refractivity contribution in [2.24, 2.45) is 0 Å². The van der Waals surface area contributed by atoms with E-state index in [4.69, 9.17) is 10.5 Å². The summed E-state index contributed by atoms with van der Waals surface area (Å²) < 4.78 is 5.31. The zero-order valence-corrected chi connectivity index (χ0v) is 11.5. The molecular formula is C16H18N2O3. The first-order chi connectivity index (χ1) is 10.1. The van der Waals surface area contributed by atoms with Crippen molar-refractivity contribution in [2.45, 2.75) is 6.10 Å². The fourth-order valence-corrected chi connectivity index (χ4v) is 1.81. The maximum absolute atomic E-state index is 11.7. The van der Waals surface area contributed by atoms with Gasteiger partial charge in [0.05, 0.1) is 6.10 Å². The van der Waals surface area contributed by atoms with Crippen LogP contribution in [-0.2, 0) is 4.79 Å². The summed E-state index contributed by atoms with van der Waals surface area (Å²) in [5.74, 6) is 0.237. The molecule has 0 saturated heterocycles. The summed E-state index contributed by atoms with van der Waals surface area (Å²) >= 11 is 0. The predicted molar refractivity (Wildman–Crippen MR) is 80.8 cm³/mol. The molecule has 0 saturated carbocycles. The van der Waals surface area contributed by atoms with Gasteiger partial charge < -0.3 is 20.9 Å². The summed E-state index contributed by atoms with van der Waals surface area (Å²) in [6, 6.07) is 16.0. The lowest BCUT2D eigenvalue weighted by atomic mass is 10.1. The van der Waals surface area contributed by atoms with Crippen LogP contribution in [0.1, 0.15) is 11.7 Å². The molecule has 5 heteroatoms. The molecule has 1 atom stereocenters. The Hall–Kier alpha value is -2.53. The van der Waals surface area contributed by atoms with Crippen LogP contribution in [0.3, 0.4) is 0 Å². The van der Waals surface area contributed by atoms with Crippen LogP contribution in [0.15, 0.2) is 54.6 Å². The second kappa shape index (κ2) is 7.31. The number of carbonyl (C=O) groups is 1. The number of rotatable bonds is 6. The molecule has 0 bridgehead atoms. The lowest BCUT2D eigenvalue weighted by Gasteiger charge is -2.12. The molecule has 0 spiro atoms. The van der Waals surface area contributed by atoms with E-state index < -0.39 is 6.10 Å². The van der Waals surface area contributed by atoms with Crippen molar-refractivity contribution in [3.63, 3.8) is 0 Å². The van der Waals surface area contributed by atoms with Crippen LogP contribution in [0.4, 0.5) is 5.69 Å². The Bertz CT molecular complexity index is 587. The smallest absolute Gasteiger partial charge is 0.258 e. The molecule has 0 aliphatic carbocycles. The Morgan fingerprint density at radius 2 is 1.95 bits per heavy atom. The Morgan fingerprint density at radius 1 is 1.19 bits per heavy atom. The van der Waals surface area contributed by atoms with Crippen molar-refractivity contribution in [3.05, 3.63) is 60.2 Å². The first kappa shape index (κ1) is 14.9. The SMILES string of the molecule is Nc1cccc(OCC(=O)NCC(O)c2ccccc2)c1. The number of amides is 1. The van der Waals surface area contributed by atoms with E-state index in [1.54, 1.807) is 36.4 Å². The first-order valence-electron chi connectivity index (χ1n) is 6.63. The van der Waals surface area contributed by atoms with Gasteiger partial charge in [0.1, 0.15) is 5.75 Å². The number of nitrogens with one attached hydrogen (secondary N) is 1. The van der Waals surface area contributed by atoms with E-state index in [0.29, 0.717) is 11.4 Å². The summed E-state index contributed by atoms with van der Waals surface area (Å²) in [7, 11) is 0. The molecule has 4 N–H and O–H groups in total. The second-order valence-electron chi connectivity index (χ2n) is 4.59. The minimum Gasteiger partial charge on any atom is -0.484 e. The van der Waals surface area contributed by atoms with Gasteiger partial charge in [-0.2, -0.15) is 0 Å². The topological polar surface area (TPSA) is 84.6 Å². The summed E-state index contributed by atoms with van der Waals surface area (Å²) in [5.41, 5.74) is 6.95. The number of anilines is 1. The van der Waals surface area contributed by atoms with Gasteiger partial charge in [-0.25, -0.2) is 0 Å². The van der Waals surface area contributed by atoms with Crippen LogP contribution in [0.25, 0.3) is 0 Å². The molecule has 0 aromatic heterocycles. The molecule has 0 radical (unpaired) electrons. The molecule has 1 amide bonds. The molecular weight excluding hydrogens is 268 g/mol. The van der Waals surface area contributed by atoms with Crippen LogP contribution in [0, 0.1) is 0 Å². The average Bonchev–Trinajstić information content (AvgIpc) is 2.51. The van der Waals surface area contributed by atoms with Crippen molar-refractivity contribution >= 4 is 11.6 Å². The van der Waals surface area contributed by atoms with Gasteiger partial charge >= 0.3 is 0 Å². The molecule has 0 fully saturated rings. The number of hydrogen-bond donors (Lipinski definition) is 3. The summed E-state index contributed by atoms with van der Waals surface area (Å²) in [4.78, 5) is 11.7. The molecule has 0 aliphatic heterocycles. The van der Waals surface area contributed by atoms with Crippen molar-refractivity contribution in [2.75, 3.05) is 18.9 Å². The molecule has 1 unspecified atom stereocenters. The Kier molecular flexibility index (Phi) is 5.17. The number of benzene rings is 2. The molecule has 2 rings (SSSR count). The second-order valence-corrected chi connectivity index (χ2v) is 4.59. The van der Waals surface area contributed by atoms with Gasteiger partial charge in [-0.05, 0) is 17.7 Å². The molecule has 2 aromatic carbocycles. The van der Waals surface area contributed by atoms with Crippen LogP contribution in [-0.4, -0.2) is 24.2 Å². The summed E-state index contributed by atoms with van der Waals surface area (Å²) in [6.07, 6.45) is -0.734. The van der Waals surface area contributed by atoms with Crippen LogP contribution >= 0.6 is 0 Å². The van der Waals surface area contributed by atoms with Gasteiger partial charge in [0.2, 0.25) is 0 Å². The quantitative estimate of drug-likeness (QED) is 0.703. The average molecular weight is 286 g/mol. The highest BCUT2D eigenvalue weighted by Gasteiger charge is 2.09. The van der Waals surface area contributed by atoms with E-state index in [2.05, 4.69) is 5.32 Å². The number of hydrogen-bond acceptors (Lipinski definition) is 4. The summed E-state index contributed by atoms with van der Waals surface area (Å²) in [5, 5.41) is 12.5. The zero-order chi connectivity index (χ0) is 15.1. The molecule has 0 aliphatic rings. The number of aliphatic hydroxyl groups is 1. The standard InChI is InChI=1S/C16H18N2O3/c17-13-7-4-8-14(9-13)21-11-16(20)18-10-15(19)12-5-2-1-3-6-12/h1-9,15,19H,10-11,17H2,(H,18,20). The van der Waals surface area contributed by atoms with E-state index >= 15 is 0 Å². The lowest BCUT2D eigenvalue weighted by molar-refractivity contribution is -0.123. The summed E-state index contributed by atoms with van der Waals surface area (Å²) in [6.45, 7) is 0.0219. The Labute approximate surface area is 123 Å². The number of aliphatic hydroxyl groups excluding tert-OH is 1. The third-order valence-electron chi connectivity index (χ3n) is 2.90. The Balaban J connectivity index is 1.75. The van der Waals surface area contributed by atoms with Crippen molar-refractivity contribution in [1.29, 1.82) is 0 Å². The number of ether oxygens (including phenoxy) is 1. The van der Waals surface area contributed by atoms with Gasteiger partial charge in [-0.3, -0.25) is 4.79 Å². The van der Waals surface area contributed by atoms with Crippen LogP contribution in [0.2, 0.25) is 0 Å². The normalized spacial score (nSPS) is 11.7. The third kappa shape index (κ3) is 4.81. The van der Waals surface area contributed by atoms with Gasteiger partial charge in [-0.15, -0.1) is 0 Å². The van der Waals surface area contributed by atoms with Crippen molar-refractivity contribution in [1.82, 2.24) is 5.32 Å². The van der Waals surface area contributed by atoms with E-state index in [-0.39, 0.29) is 19.1 Å². The highest BCUT2D eigenvalue weighted by Crippen LogP contribution is 2.14. The highest BCUT2D eigenvalue weighted by atomic mass is 16.5. The van der Waals surface area contributed by atoms with E-state index in [0.717, 1.165) is 5.56 Å². The van der Waals surface area contributed by atoms with Gasteiger partial charge in [0, 0.05) is 18.3 Å². The monoisotopic (exact) mass is 286 g/mol. The number of carbonyl (C=O) groups excluding carboxylic acids is 1. The van der Waals surface area contributed by atoms with E-state index in [9.17, 15) is 9.90 Å². The number of nitrogens with two attached hydrogens (primary N) is 1. The highest BCUT2D eigenvalue weighted by molar-refractivity contribution is 5.77. The molecule has 110 valence electrons. The maximum atomic E-state index is 11.7. The van der Waals surface area contributed by atoms with Crippen molar-refractivity contribution < 1.29 is 14.6 Å².